The van der Waals surface area contributed by atoms with Gasteiger partial charge in [0.25, 0.3) is 5.91 Å². The van der Waals surface area contributed by atoms with E-state index in [1.165, 1.54) is 4.90 Å². The molecule has 26 heavy (non-hydrogen) atoms. The number of piperazine rings is 1. The number of alkyl halides is 3. The molecule has 1 saturated heterocycles. The molecule has 1 aliphatic heterocycles. The van der Waals surface area contributed by atoms with Crippen LogP contribution in [0.5, 0.6) is 0 Å². The SMILES string of the molecule is O=C1CN(C(=O)c2ccc(CNc3ncc(C(F)(F)F)s3)cc2)CCN1. The third kappa shape index (κ3) is 4.31. The monoisotopic (exact) mass is 384 g/mol. The van der Waals surface area contributed by atoms with Crippen LogP contribution < -0.4 is 10.6 Å². The van der Waals surface area contributed by atoms with Gasteiger partial charge in [0.2, 0.25) is 5.91 Å². The lowest BCUT2D eigenvalue weighted by atomic mass is 10.1. The summed E-state index contributed by atoms with van der Waals surface area (Å²) in [5.74, 6) is -0.416. The summed E-state index contributed by atoms with van der Waals surface area (Å²) in [5.41, 5.74) is 1.25. The molecule has 0 spiro atoms. The molecule has 2 amide bonds. The molecule has 0 unspecified atom stereocenters. The molecule has 138 valence electrons. The maximum Gasteiger partial charge on any atom is 0.427 e. The Kier molecular flexibility index (Phi) is 5.12. The summed E-state index contributed by atoms with van der Waals surface area (Å²) < 4.78 is 37.6. The molecule has 0 saturated carbocycles. The zero-order chi connectivity index (χ0) is 18.7. The van der Waals surface area contributed by atoms with Crippen molar-refractivity contribution in [3.05, 3.63) is 46.5 Å². The minimum absolute atomic E-state index is 0.0354. The predicted octanol–water partition coefficient (Wildman–Crippen LogP) is 2.35. The smallest absolute Gasteiger partial charge is 0.357 e. The van der Waals surface area contributed by atoms with E-state index >= 15 is 0 Å². The molecule has 1 aromatic carbocycles. The van der Waals surface area contributed by atoms with E-state index in [-0.39, 0.29) is 30.0 Å². The molecule has 1 aliphatic rings. The lowest BCUT2D eigenvalue weighted by Gasteiger charge is -2.26. The van der Waals surface area contributed by atoms with Crippen LogP contribution in [0.1, 0.15) is 20.8 Å². The zero-order valence-electron chi connectivity index (χ0n) is 13.5. The molecular weight excluding hydrogens is 369 g/mol. The fraction of sp³-hybridized carbons (Fsp3) is 0.312. The minimum atomic E-state index is -4.40. The first-order valence-electron chi connectivity index (χ1n) is 7.75. The van der Waals surface area contributed by atoms with Crippen molar-refractivity contribution >= 4 is 28.3 Å². The molecule has 0 atom stereocenters. The van der Waals surface area contributed by atoms with Gasteiger partial charge in [-0.3, -0.25) is 9.59 Å². The highest BCUT2D eigenvalue weighted by molar-refractivity contribution is 7.15. The van der Waals surface area contributed by atoms with Crippen molar-refractivity contribution in [3.8, 4) is 0 Å². The number of hydrogen-bond donors (Lipinski definition) is 2. The second-order valence-electron chi connectivity index (χ2n) is 5.65. The Balaban J connectivity index is 1.58. The Hall–Kier alpha value is -2.62. The van der Waals surface area contributed by atoms with Crippen molar-refractivity contribution in [2.24, 2.45) is 0 Å². The van der Waals surface area contributed by atoms with Gasteiger partial charge in [-0.15, -0.1) is 0 Å². The van der Waals surface area contributed by atoms with Crippen LogP contribution in [0.2, 0.25) is 0 Å². The second kappa shape index (κ2) is 7.32. The van der Waals surface area contributed by atoms with Crippen LogP contribution in [-0.4, -0.2) is 41.3 Å². The standard InChI is InChI=1S/C16H15F3N4O2S/c17-16(18,19)12-8-22-15(26-12)21-7-10-1-3-11(4-2-10)14(25)23-6-5-20-13(24)9-23/h1-4,8H,5-7,9H2,(H,20,24)(H,21,22). The van der Waals surface area contributed by atoms with E-state index in [1.807, 2.05) is 0 Å². The molecule has 10 heteroatoms. The Bertz CT molecular complexity index is 805. The third-order valence-electron chi connectivity index (χ3n) is 3.76. The molecule has 2 N–H and O–H groups in total. The van der Waals surface area contributed by atoms with Crippen molar-refractivity contribution in [1.29, 1.82) is 0 Å². The summed E-state index contributed by atoms with van der Waals surface area (Å²) in [6.07, 6.45) is -3.60. The van der Waals surface area contributed by atoms with Crippen molar-refractivity contribution in [3.63, 3.8) is 0 Å². The van der Waals surface area contributed by atoms with E-state index in [0.29, 0.717) is 30.0 Å². The van der Waals surface area contributed by atoms with Gasteiger partial charge in [-0.1, -0.05) is 23.5 Å². The number of benzene rings is 1. The highest BCUT2D eigenvalue weighted by Crippen LogP contribution is 2.35. The lowest BCUT2D eigenvalue weighted by Crippen LogP contribution is -2.49. The first kappa shape index (κ1) is 18.2. The molecule has 1 aromatic heterocycles. The number of carbonyl (C=O) groups is 2. The van der Waals surface area contributed by atoms with Gasteiger partial charge in [0, 0.05) is 25.2 Å². The number of rotatable bonds is 4. The van der Waals surface area contributed by atoms with E-state index in [1.54, 1.807) is 24.3 Å². The average molecular weight is 384 g/mol. The molecule has 1 fully saturated rings. The highest BCUT2D eigenvalue weighted by Gasteiger charge is 2.33. The normalized spacial score (nSPS) is 14.9. The summed E-state index contributed by atoms with van der Waals surface area (Å²) in [5, 5.41) is 5.66. The molecule has 2 heterocycles. The zero-order valence-corrected chi connectivity index (χ0v) is 14.3. The maximum atomic E-state index is 12.5. The van der Waals surface area contributed by atoms with Crippen molar-refractivity contribution < 1.29 is 22.8 Å². The van der Waals surface area contributed by atoms with Crippen LogP contribution in [0, 0.1) is 0 Å². The van der Waals surface area contributed by atoms with Crippen LogP contribution in [0.25, 0.3) is 0 Å². The van der Waals surface area contributed by atoms with Gasteiger partial charge in [0.1, 0.15) is 4.88 Å². The Morgan fingerprint density at radius 3 is 2.65 bits per heavy atom. The molecule has 2 aromatic rings. The summed E-state index contributed by atoms with van der Waals surface area (Å²) in [6, 6.07) is 6.69. The predicted molar refractivity (Wildman–Crippen MR) is 89.8 cm³/mol. The van der Waals surface area contributed by atoms with E-state index in [0.717, 1.165) is 11.8 Å². The average Bonchev–Trinajstić information content (AvgIpc) is 3.09. The number of amides is 2. The van der Waals surface area contributed by atoms with Crippen LogP contribution >= 0.6 is 11.3 Å². The van der Waals surface area contributed by atoms with Crippen LogP contribution in [-0.2, 0) is 17.5 Å². The number of anilines is 1. The third-order valence-corrected chi connectivity index (χ3v) is 4.76. The number of halogens is 3. The van der Waals surface area contributed by atoms with E-state index in [9.17, 15) is 22.8 Å². The van der Waals surface area contributed by atoms with Gasteiger partial charge < -0.3 is 15.5 Å². The van der Waals surface area contributed by atoms with Gasteiger partial charge in [0.05, 0.1) is 12.7 Å². The number of hydrogen-bond acceptors (Lipinski definition) is 5. The number of aromatic nitrogens is 1. The fourth-order valence-corrected chi connectivity index (χ4v) is 3.10. The topological polar surface area (TPSA) is 74.3 Å². The van der Waals surface area contributed by atoms with Gasteiger partial charge in [-0.2, -0.15) is 13.2 Å². The van der Waals surface area contributed by atoms with E-state index < -0.39 is 11.1 Å². The Morgan fingerprint density at radius 2 is 2.04 bits per heavy atom. The highest BCUT2D eigenvalue weighted by atomic mass is 32.1. The largest absolute Gasteiger partial charge is 0.427 e. The molecule has 0 bridgehead atoms. The molecular formula is C16H15F3N4O2S. The van der Waals surface area contributed by atoms with Gasteiger partial charge in [0.15, 0.2) is 5.13 Å². The maximum absolute atomic E-state index is 12.5. The van der Waals surface area contributed by atoms with Crippen LogP contribution in [0.15, 0.2) is 30.5 Å². The van der Waals surface area contributed by atoms with Crippen LogP contribution in [0.3, 0.4) is 0 Å². The summed E-state index contributed by atoms with van der Waals surface area (Å²) in [4.78, 5) is 28.1. The summed E-state index contributed by atoms with van der Waals surface area (Å²) in [7, 11) is 0. The van der Waals surface area contributed by atoms with E-state index in [2.05, 4.69) is 15.6 Å². The molecule has 0 radical (unpaired) electrons. The van der Waals surface area contributed by atoms with Crippen LogP contribution in [0.4, 0.5) is 18.3 Å². The number of thiazole rings is 1. The van der Waals surface area contributed by atoms with Crippen molar-refractivity contribution in [2.45, 2.75) is 12.7 Å². The number of carbonyl (C=O) groups excluding carboxylic acids is 2. The first-order valence-corrected chi connectivity index (χ1v) is 8.56. The van der Waals surface area contributed by atoms with Gasteiger partial charge in [-0.25, -0.2) is 4.98 Å². The summed E-state index contributed by atoms with van der Waals surface area (Å²) >= 11 is 0.540. The second-order valence-corrected chi connectivity index (χ2v) is 6.69. The van der Waals surface area contributed by atoms with E-state index in [4.69, 9.17) is 0 Å². The molecule has 0 aliphatic carbocycles. The van der Waals surface area contributed by atoms with Crippen molar-refractivity contribution in [2.75, 3.05) is 25.0 Å². The molecule has 6 nitrogen and oxygen atoms in total. The number of nitrogens with one attached hydrogen (secondary N) is 2. The minimum Gasteiger partial charge on any atom is -0.357 e. The first-order chi connectivity index (χ1) is 12.3. The fourth-order valence-electron chi connectivity index (χ4n) is 2.42. The lowest BCUT2D eigenvalue weighted by molar-refractivity contribution is -0.134. The van der Waals surface area contributed by atoms with Crippen molar-refractivity contribution in [1.82, 2.24) is 15.2 Å². The summed E-state index contributed by atoms with van der Waals surface area (Å²) in [6.45, 7) is 1.21. The molecule has 3 rings (SSSR count). The Morgan fingerprint density at radius 1 is 1.31 bits per heavy atom. The quantitative estimate of drug-likeness (QED) is 0.849. The van der Waals surface area contributed by atoms with Gasteiger partial charge in [-0.05, 0) is 17.7 Å². The van der Waals surface area contributed by atoms with Gasteiger partial charge >= 0.3 is 6.18 Å². The Labute approximate surface area is 151 Å². The number of nitrogens with zero attached hydrogens (tertiary/aromatic N) is 2.